The van der Waals surface area contributed by atoms with E-state index in [0.29, 0.717) is 13.3 Å². The second-order valence-corrected chi connectivity index (χ2v) is 6.52. The molecule has 1 unspecified atom stereocenters. The quantitative estimate of drug-likeness (QED) is 0.929. The summed E-state index contributed by atoms with van der Waals surface area (Å²) in [7, 11) is -3.47. The lowest BCUT2D eigenvalue weighted by Gasteiger charge is -2.26. The average molecular weight is 296 g/mol. The van der Waals surface area contributed by atoms with Crippen LogP contribution < -0.4 is 0 Å². The maximum atomic E-state index is 12.6. The predicted octanol–water partition coefficient (Wildman–Crippen LogP) is 2.64. The Morgan fingerprint density at radius 1 is 1.16 bits per heavy atom. The van der Waals surface area contributed by atoms with Gasteiger partial charge in [0.2, 0.25) is 0 Å². The third-order valence-corrected chi connectivity index (χ3v) is 4.74. The van der Waals surface area contributed by atoms with E-state index >= 15 is 0 Å². The molecule has 19 heavy (non-hydrogen) atoms. The van der Waals surface area contributed by atoms with Gasteiger partial charge in [0.25, 0.3) is 0 Å². The van der Waals surface area contributed by atoms with Crippen molar-refractivity contribution in [1.82, 2.24) is 0 Å². The van der Waals surface area contributed by atoms with Gasteiger partial charge in [0.15, 0.2) is 15.4 Å². The molecule has 0 heterocycles. The zero-order chi connectivity index (χ0) is 14.9. The lowest BCUT2D eigenvalue weighted by molar-refractivity contribution is -0.258. The molecule has 0 saturated carbocycles. The number of hydrogen-bond donors (Lipinski definition) is 1. The van der Waals surface area contributed by atoms with Gasteiger partial charge in [-0.15, -0.1) is 0 Å². The maximum Gasteiger partial charge on any atom is 0.421 e. The summed E-state index contributed by atoms with van der Waals surface area (Å²) in [4.78, 5) is -0.0453. The second kappa shape index (κ2) is 5.13. The summed E-state index contributed by atoms with van der Waals surface area (Å²) < 4.78 is 61.2. The molecule has 1 aromatic rings. The van der Waals surface area contributed by atoms with Gasteiger partial charge in [0.1, 0.15) is 0 Å². The molecular weight excluding hydrogens is 281 g/mol. The molecule has 1 rings (SSSR count). The van der Waals surface area contributed by atoms with Gasteiger partial charge in [-0.3, -0.25) is 0 Å². The molecule has 108 valence electrons. The van der Waals surface area contributed by atoms with Crippen LogP contribution in [0.5, 0.6) is 0 Å². The third-order valence-electron chi connectivity index (χ3n) is 2.80. The van der Waals surface area contributed by atoms with Crippen molar-refractivity contribution < 1.29 is 26.7 Å². The van der Waals surface area contributed by atoms with Crippen LogP contribution in [0.1, 0.15) is 25.8 Å². The van der Waals surface area contributed by atoms with Gasteiger partial charge in [-0.1, -0.05) is 19.1 Å². The molecule has 0 bridgehead atoms. The molecule has 0 aliphatic carbocycles. The first-order chi connectivity index (χ1) is 8.52. The highest BCUT2D eigenvalue weighted by Gasteiger charge is 2.51. The van der Waals surface area contributed by atoms with E-state index in [2.05, 4.69) is 0 Å². The molecule has 0 fully saturated rings. The zero-order valence-electron chi connectivity index (χ0n) is 10.5. The minimum atomic E-state index is -4.82. The summed E-state index contributed by atoms with van der Waals surface area (Å²) in [6.45, 7) is 2.32. The average Bonchev–Trinajstić information content (AvgIpc) is 2.27. The summed E-state index contributed by atoms with van der Waals surface area (Å²) in [6, 6.07) is 4.13. The summed E-state index contributed by atoms with van der Waals surface area (Å²) in [5, 5.41) is 9.44. The first-order valence-electron chi connectivity index (χ1n) is 5.65. The standard InChI is InChI=1S/C12H15F3O3S/c1-3-8-19(17,18)10-6-4-9(5-7-10)11(2,16)12(13,14)15/h4-7,16H,3,8H2,1-2H3. The predicted molar refractivity (Wildman–Crippen MR) is 64.4 cm³/mol. The second-order valence-electron chi connectivity index (χ2n) is 4.41. The normalized spacial score (nSPS) is 16.1. The van der Waals surface area contributed by atoms with Crippen LogP contribution in [0.25, 0.3) is 0 Å². The minimum Gasteiger partial charge on any atom is -0.376 e. The smallest absolute Gasteiger partial charge is 0.376 e. The Bertz CT molecular complexity index is 530. The molecule has 0 aliphatic rings. The Hall–Kier alpha value is -1.08. The van der Waals surface area contributed by atoms with E-state index in [4.69, 9.17) is 0 Å². The number of sulfone groups is 1. The monoisotopic (exact) mass is 296 g/mol. The van der Waals surface area contributed by atoms with E-state index in [1.165, 1.54) is 0 Å². The highest BCUT2D eigenvalue weighted by atomic mass is 32.2. The number of alkyl halides is 3. The third kappa shape index (κ3) is 3.27. The van der Waals surface area contributed by atoms with E-state index in [1.54, 1.807) is 6.92 Å². The fourth-order valence-electron chi connectivity index (χ4n) is 1.54. The highest BCUT2D eigenvalue weighted by Crippen LogP contribution is 2.38. The number of hydrogen-bond acceptors (Lipinski definition) is 3. The van der Waals surface area contributed by atoms with Gasteiger partial charge in [-0.2, -0.15) is 13.2 Å². The number of rotatable bonds is 4. The summed E-state index contributed by atoms with van der Waals surface area (Å²) >= 11 is 0. The van der Waals surface area contributed by atoms with Gasteiger partial charge in [-0.05, 0) is 31.0 Å². The van der Waals surface area contributed by atoms with Crippen molar-refractivity contribution in [2.45, 2.75) is 36.9 Å². The molecule has 0 amide bonds. The van der Waals surface area contributed by atoms with Crippen molar-refractivity contribution >= 4 is 9.84 Å². The lowest BCUT2D eigenvalue weighted by atomic mass is 9.96. The van der Waals surface area contributed by atoms with Crippen LogP contribution in [-0.4, -0.2) is 25.5 Å². The first kappa shape index (κ1) is 16.0. The van der Waals surface area contributed by atoms with Crippen molar-refractivity contribution in [3.63, 3.8) is 0 Å². The molecule has 1 atom stereocenters. The SMILES string of the molecule is CCCS(=O)(=O)c1ccc(C(C)(O)C(F)(F)F)cc1. The molecule has 1 aromatic carbocycles. The van der Waals surface area contributed by atoms with E-state index in [0.717, 1.165) is 24.3 Å². The Morgan fingerprint density at radius 3 is 2.00 bits per heavy atom. The van der Waals surface area contributed by atoms with Crippen LogP contribution in [-0.2, 0) is 15.4 Å². The summed E-state index contributed by atoms with van der Waals surface area (Å²) in [6.07, 6.45) is -4.40. The summed E-state index contributed by atoms with van der Waals surface area (Å²) in [5.74, 6) is -0.0675. The molecule has 7 heteroatoms. The summed E-state index contributed by atoms with van der Waals surface area (Å²) in [5.41, 5.74) is -3.39. The lowest BCUT2D eigenvalue weighted by Crippen LogP contribution is -2.39. The Labute approximate surface area is 110 Å². The largest absolute Gasteiger partial charge is 0.421 e. The van der Waals surface area contributed by atoms with Crippen LogP contribution >= 0.6 is 0 Å². The van der Waals surface area contributed by atoms with E-state index in [-0.39, 0.29) is 10.6 Å². The van der Waals surface area contributed by atoms with E-state index in [9.17, 15) is 26.7 Å². The Kier molecular flexibility index (Phi) is 4.31. The Balaban J connectivity index is 3.14. The number of halogens is 3. The van der Waals surface area contributed by atoms with Crippen LogP contribution in [0.2, 0.25) is 0 Å². The van der Waals surface area contributed by atoms with Gasteiger partial charge in [-0.25, -0.2) is 8.42 Å². The zero-order valence-corrected chi connectivity index (χ0v) is 11.3. The number of benzene rings is 1. The van der Waals surface area contributed by atoms with Crippen LogP contribution in [0.15, 0.2) is 29.2 Å². The molecule has 0 spiro atoms. The molecule has 0 aromatic heterocycles. The van der Waals surface area contributed by atoms with Crippen molar-refractivity contribution in [1.29, 1.82) is 0 Å². The molecule has 3 nitrogen and oxygen atoms in total. The van der Waals surface area contributed by atoms with Gasteiger partial charge < -0.3 is 5.11 Å². The highest BCUT2D eigenvalue weighted by molar-refractivity contribution is 7.91. The molecule has 1 N–H and O–H groups in total. The molecule has 0 aliphatic heterocycles. The fraction of sp³-hybridized carbons (Fsp3) is 0.500. The van der Waals surface area contributed by atoms with Crippen molar-refractivity contribution in [2.75, 3.05) is 5.75 Å². The molecule has 0 radical (unpaired) electrons. The molecule has 0 saturated heterocycles. The van der Waals surface area contributed by atoms with Crippen LogP contribution in [0, 0.1) is 0 Å². The molecular formula is C12H15F3O3S. The van der Waals surface area contributed by atoms with Gasteiger partial charge in [0.05, 0.1) is 10.6 Å². The Morgan fingerprint density at radius 2 is 1.63 bits per heavy atom. The van der Waals surface area contributed by atoms with Crippen LogP contribution in [0.4, 0.5) is 13.2 Å². The van der Waals surface area contributed by atoms with Gasteiger partial charge >= 0.3 is 6.18 Å². The van der Waals surface area contributed by atoms with Crippen molar-refractivity contribution in [2.24, 2.45) is 0 Å². The fourth-order valence-corrected chi connectivity index (χ4v) is 2.86. The topological polar surface area (TPSA) is 54.4 Å². The van der Waals surface area contributed by atoms with Gasteiger partial charge in [0, 0.05) is 0 Å². The van der Waals surface area contributed by atoms with E-state index < -0.39 is 27.2 Å². The van der Waals surface area contributed by atoms with E-state index in [1.807, 2.05) is 0 Å². The first-order valence-corrected chi connectivity index (χ1v) is 7.30. The maximum absolute atomic E-state index is 12.6. The number of aliphatic hydroxyl groups is 1. The van der Waals surface area contributed by atoms with Crippen molar-refractivity contribution in [3.05, 3.63) is 29.8 Å². The van der Waals surface area contributed by atoms with Crippen LogP contribution in [0.3, 0.4) is 0 Å². The van der Waals surface area contributed by atoms with Crippen molar-refractivity contribution in [3.8, 4) is 0 Å². The minimum absolute atomic E-state index is 0.0453.